The van der Waals surface area contributed by atoms with Gasteiger partial charge in [0.2, 0.25) is 0 Å². The summed E-state index contributed by atoms with van der Waals surface area (Å²) in [5.74, 6) is 1.72. The fourth-order valence-corrected chi connectivity index (χ4v) is 3.52. The Kier molecular flexibility index (Phi) is 7.51. The van der Waals surface area contributed by atoms with E-state index in [0.717, 1.165) is 56.3 Å². The van der Waals surface area contributed by atoms with Crippen LogP contribution in [0, 0.1) is 0 Å². The van der Waals surface area contributed by atoms with Crippen molar-refractivity contribution < 1.29 is 9.47 Å². The zero-order valence-corrected chi connectivity index (χ0v) is 16.4. The van der Waals surface area contributed by atoms with Crippen LogP contribution in [0.25, 0.3) is 0 Å². The molecule has 0 bridgehead atoms. The molecule has 0 aliphatic carbocycles. The van der Waals surface area contributed by atoms with Gasteiger partial charge in [0.1, 0.15) is 11.5 Å². The van der Waals surface area contributed by atoms with Gasteiger partial charge in [-0.15, -0.1) is 0 Å². The lowest BCUT2D eigenvalue weighted by Gasteiger charge is -2.34. The maximum Gasteiger partial charge on any atom is 0.127 e. The van der Waals surface area contributed by atoms with E-state index in [1.54, 1.807) is 7.11 Å². The van der Waals surface area contributed by atoms with E-state index in [9.17, 15) is 0 Å². The molecular formula is C22H31N3O2. The normalized spacial score (nSPS) is 17.6. The van der Waals surface area contributed by atoms with Crippen molar-refractivity contribution in [2.45, 2.75) is 26.1 Å². The van der Waals surface area contributed by atoms with E-state index in [1.165, 1.54) is 5.56 Å². The predicted molar refractivity (Wildman–Crippen MR) is 109 cm³/mol. The zero-order valence-electron chi connectivity index (χ0n) is 16.4. The van der Waals surface area contributed by atoms with Gasteiger partial charge in [-0.1, -0.05) is 36.4 Å². The first-order chi connectivity index (χ1) is 13.3. The van der Waals surface area contributed by atoms with Crippen molar-refractivity contribution >= 4 is 0 Å². The SMILES string of the molecule is CCOc1ccc(CNCC2CN(Cc3ccccc3)CCN2)c(OC)c1. The molecule has 27 heavy (non-hydrogen) atoms. The Bertz CT molecular complexity index is 693. The second-order valence-corrected chi connectivity index (χ2v) is 6.91. The van der Waals surface area contributed by atoms with Gasteiger partial charge < -0.3 is 20.1 Å². The third-order valence-electron chi connectivity index (χ3n) is 4.86. The molecule has 0 spiro atoms. The number of methoxy groups -OCH3 is 1. The van der Waals surface area contributed by atoms with Gasteiger partial charge >= 0.3 is 0 Å². The molecule has 1 atom stereocenters. The molecule has 1 heterocycles. The molecule has 2 aromatic carbocycles. The van der Waals surface area contributed by atoms with Crippen LogP contribution < -0.4 is 20.1 Å². The molecule has 3 rings (SSSR count). The van der Waals surface area contributed by atoms with Gasteiger partial charge in [0.05, 0.1) is 13.7 Å². The Morgan fingerprint density at radius 2 is 2.04 bits per heavy atom. The van der Waals surface area contributed by atoms with Crippen LogP contribution in [0.2, 0.25) is 0 Å². The van der Waals surface area contributed by atoms with Gasteiger partial charge in [0.15, 0.2) is 0 Å². The molecule has 1 saturated heterocycles. The Hall–Kier alpha value is -2.08. The lowest BCUT2D eigenvalue weighted by atomic mass is 10.1. The van der Waals surface area contributed by atoms with Crippen LogP contribution in [0.15, 0.2) is 48.5 Å². The Balaban J connectivity index is 1.47. The van der Waals surface area contributed by atoms with Crippen molar-refractivity contribution in [2.75, 3.05) is 39.9 Å². The second-order valence-electron chi connectivity index (χ2n) is 6.91. The summed E-state index contributed by atoms with van der Waals surface area (Å²) in [6.07, 6.45) is 0. The highest BCUT2D eigenvalue weighted by Crippen LogP contribution is 2.24. The summed E-state index contributed by atoms with van der Waals surface area (Å²) >= 11 is 0. The van der Waals surface area contributed by atoms with Gasteiger partial charge in [0, 0.05) is 56.9 Å². The van der Waals surface area contributed by atoms with Gasteiger partial charge in [-0.2, -0.15) is 0 Å². The molecule has 1 fully saturated rings. The summed E-state index contributed by atoms with van der Waals surface area (Å²) in [5, 5.41) is 7.19. The molecule has 1 aliphatic rings. The molecule has 0 radical (unpaired) electrons. The van der Waals surface area contributed by atoms with Crippen molar-refractivity contribution in [3.63, 3.8) is 0 Å². The Morgan fingerprint density at radius 3 is 2.81 bits per heavy atom. The van der Waals surface area contributed by atoms with Crippen LogP contribution >= 0.6 is 0 Å². The molecule has 2 N–H and O–H groups in total. The van der Waals surface area contributed by atoms with Crippen LogP contribution in [0.5, 0.6) is 11.5 Å². The highest BCUT2D eigenvalue weighted by Gasteiger charge is 2.19. The number of hydrogen-bond acceptors (Lipinski definition) is 5. The number of hydrogen-bond donors (Lipinski definition) is 2. The van der Waals surface area contributed by atoms with E-state index in [4.69, 9.17) is 9.47 Å². The first-order valence-electron chi connectivity index (χ1n) is 9.78. The molecule has 146 valence electrons. The van der Waals surface area contributed by atoms with Crippen LogP contribution in [0.3, 0.4) is 0 Å². The topological polar surface area (TPSA) is 45.8 Å². The molecule has 5 heteroatoms. The summed E-state index contributed by atoms with van der Waals surface area (Å²) < 4.78 is 11.1. The monoisotopic (exact) mass is 369 g/mol. The fourth-order valence-electron chi connectivity index (χ4n) is 3.52. The number of piperazine rings is 1. The summed E-state index contributed by atoms with van der Waals surface area (Å²) in [7, 11) is 1.71. The fraction of sp³-hybridized carbons (Fsp3) is 0.455. The quantitative estimate of drug-likeness (QED) is 0.712. The highest BCUT2D eigenvalue weighted by atomic mass is 16.5. The molecule has 2 aromatic rings. The molecule has 1 unspecified atom stereocenters. The van der Waals surface area contributed by atoms with Crippen molar-refractivity contribution in [1.82, 2.24) is 15.5 Å². The summed E-state index contributed by atoms with van der Waals surface area (Å²) in [6.45, 7) is 8.57. The van der Waals surface area contributed by atoms with Crippen LogP contribution in [-0.2, 0) is 13.1 Å². The summed E-state index contributed by atoms with van der Waals surface area (Å²) in [6, 6.07) is 17.2. The minimum atomic E-state index is 0.455. The molecule has 5 nitrogen and oxygen atoms in total. The number of rotatable bonds is 9. The molecule has 0 aromatic heterocycles. The van der Waals surface area contributed by atoms with Gasteiger partial charge in [0.25, 0.3) is 0 Å². The van der Waals surface area contributed by atoms with E-state index in [1.807, 2.05) is 19.1 Å². The van der Waals surface area contributed by atoms with E-state index in [0.29, 0.717) is 12.6 Å². The van der Waals surface area contributed by atoms with Crippen LogP contribution in [0.4, 0.5) is 0 Å². The van der Waals surface area contributed by atoms with E-state index < -0.39 is 0 Å². The third-order valence-corrected chi connectivity index (χ3v) is 4.86. The number of ether oxygens (including phenoxy) is 2. The summed E-state index contributed by atoms with van der Waals surface area (Å²) in [5.41, 5.74) is 2.53. The van der Waals surface area contributed by atoms with E-state index >= 15 is 0 Å². The molecule has 1 aliphatic heterocycles. The van der Waals surface area contributed by atoms with Gasteiger partial charge in [-0.25, -0.2) is 0 Å². The van der Waals surface area contributed by atoms with Gasteiger partial charge in [-0.05, 0) is 18.6 Å². The molecule has 0 saturated carbocycles. The maximum absolute atomic E-state index is 5.55. The smallest absolute Gasteiger partial charge is 0.127 e. The van der Waals surface area contributed by atoms with E-state index in [-0.39, 0.29) is 0 Å². The summed E-state index contributed by atoms with van der Waals surface area (Å²) in [4.78, 5) is 2.52. The zero-order chi connectivity index (χ0) is 18.9. The average Bonchev–Trinajstić information content (AvgIpc) is 2.70. The van der Waals surface area contributed by atoms with Crippen molar-refractivity contribution in [1.29, 1.82) is 0 Å². The van der Waals surface area contributed by atoms with Crippen LogP contribution in [-0.4, -0.2) is 50.8 Å². The number of nitrogens with zero attached hydrogens (tertiary/aromatic N) is 1. The maximum atomic E-state index is 5.55. The lowest BCUT2D eigenvalue weighted by molar-refractivity contribution is 0.190. The standard InChI is InChI=1S/C22H31N3O2/c1-3-27-21-10-9-19(22(13-21)26-2)14-23-15-20-17-25(12-11-24-20)16-18-7-5-4-6-8-18/h4-10,13,20,23-24H,3,11-12,14-17H2,1-2H3. The first kappa shape index (κ1) is 19.7. The largest absolute Gasteiger partial charge is 0.496 e. The minimum absolute atomic E-state index is 0.455. The Labute approximate surface area is 162 Å². The second kappa shape index (κ2) is 10.3. The minimum Gasteiger partial charge on any atom is -0.496 e. The molecular weight excluding hydrogens is 338 g/mol. The van der Waals surface area contributed by atoms with Gasteiger partial charge in [-0.3, -0.25) is 4.90 Å². The van der Waals surface area contributed by atoms with Crippen LogP contribution in [0.1, 0.15) is 18.1 Å². The average molecular weight is 370 g/mol. The number of nitrogens with one attached hydrogen (secondary N) is 2. The van der Waals surface area contributed by atoms with E-state index in [2.05, 4.69) is 51.9 Å². The van der Waals surface area contributed by atoms with Crippen molar-refractivity contribution in [3.8, 4) is 11.5 Å². The Morgan fingerprint density at radius 1 is 1.19 bits per heavy atom. The highest BCUT2D eigenvalue weighted by molar-refractivity contribution is 5.40. The third kappa shape index (κ3) is 5.96. The van der Waals surface area contributed by atoms with Crippen molar-refractivity contribution in [2.24, 2.45) is 0 Å². The lowest BCUT2D eigenvalue weighted by Crippen LogP contribution is -2.53. The van der Waals surface area contributed by atoms with Crippen molar-refractivity contribution in [3.05, 3.63) is 59.7 Å². The predicted octanol–water partition coefficient (Wildman–Crippen LogP) is 2.66. The number of benzene rings is 2. The first-order valence-corrected chi connectivity index (χ1v) is 9.78. The molecule has 0 amide bonds.